The van der Waals surface area contributed by atoms with E-state index in [0.717, 1.165) is 29.0 Å². The lowest BCUT2D eigenvalue weighted by molar-refractivity contribution is -0.161. The van der Waals surface area contributed by atoms with E-state index in [9.17, 15) is 18.0 Å². The molecule has 0 atom stereocenters. The van der Waals surface area contributed by atoms with Crippen molar-refractivity contribution in [2.45, 2.75) is 25.6 Å². The van der Waals surface area contributed by atoms with Crippen LogP contribution in [0.5, 0.6) is 0 Å². The number of carbonyl (C=O) groups is 1. The first-order chi connectivity index (χ1) is 12.8. The summed E-state index contributed by atoms with van der Waals surface area (Å²) in [5, 5.41) is 0. The average Bonchev–Trinajstić information content (AvgIpc) is 2.62. The molecule has 3 rings (SSSR count). The summed E-state index contributed by atoms with van der Waals surface area (Å²) in [7, 11) is 0. The highest BCUT2D eigenvalue weighted by Crippen LogP contribution is 2.31. The van der Waals surface area contributed by atoms with Gasteiger partial charge in [-0.1, -0.05) is 36.4 Å². The number of hydrogen-bond donors (Lipinski definition) is 1. The molecule has 1 amide bonds. The molecule has 28 heavy (non-hydrogen) atoms. The predicted molar refractivity (Wildman–Crippen MR) is 107 cm³/mol. The Morgan fingerprint density at radius 1 is 1.11 bits per heavy atom. The first kappa shape index (κ1) is 21.9. The van der Waals surface area contributed by atoms with E-state index in [1.807, 2.05) is 11.0 Å². The van der Waals surface area contributed by atoms with Crippen LogP contribution in [0, 0.1) is 0 Å². The highest BCUT2D eigenvalue weighted by molar-refractivity contribution is 5.85. The quantitative estimate of drug-likeness (QED) is 0.753. The molecule has 2 aromatic carbocycles. The van der Waals surface area contributed by atoms with Crippen LogP contribution >= 0.6 is 12.4 Å². The Labute approximate surface area is 168 Å². The molecule has 1 aliphatic rings. The number of nitrogen functional groups attached to an aromatic ring is 1. The van der Waals surface area contributed by atoms with Gasteiger partial charge in [-0.05, 0) is 36.1 Å². The number of nitrogens with two attached hydrogens (primary N) is 1. The molecule has 152 valence electrons. The number of amides is 1. The van der Waals surface area contributed by atoms with E-state index in [-0.39, 0.29) is 25.5 Å². The summed E-state index contributed by atoms with van der Waals surface area (Å²) in [4.78, 5) is 15.4. The number of fused-ring (bicyclic) bond motifs is 1. The maximum atomic E-state index is 13.0. The van der Waals surface area contributed by atoms with Crippen LogP contribution in [0.4, 0.5) is 24.5 Å². The van der Waals surface area contributed by atoms with Gasteiger partial charge in [0.15, 0.2) is 0 Å². The van der Waals surface area contributed by atoms with Crippen molar-refractivity contribution in [1.82, 2.24) is 4.90 Å². The van der Waals surface area contributed by atoms with Gasteiger partial charge < -0.3 is 15.5 Å². The normalized spacial score (nSPS) is 13.5. The van der Waals surface area contributed by atoms with E-state index in [0.29, 0.717) is 17.8 Å². The molecular formula is C20H23ClF3N3O. The highest BCUT2D eigenvalue weighted by Gasteiger charge is 2.34. The minimum Gasteiger partial charge on any atom is -0.398 e. The topological polar surface area (TPSA) is 49.6 Å². The summed E-state index contributed by atoms with van der Waals surface area (Å²) in [6.45, 7) is -0.818. The van der Waals surface area contributed by atoms with Gasteiger partial charge in [-0.3, -0.25) is 4.79 Å². The van der Waals surface area contributed by atoms with Crippen molar-refractivity contribution >= 4 is 29.7 Å². The van der Waals surface area contributed by atoms with Gasteiger partial charge in [-0.15, -0.1) is 12.4 Å². The molecule has 0 aromatic heterocycles. The minimum absolute atomic E-state index is 0. The SMILES string of the molecule is Cl.Nc1cccc2c1CCCN2CC(=O)N(Cc1ccccc1)CC(F)(F)F. The van der Waals surface area contributed by atoms with Gasteiger partial charge in [-0.25, -0.2) is 0 Å². The molecule has 0 fully saturated rings. The van der Waals surface area contributed by atoms with E-state index >= 15 is 0 Å². The summed E-state index contributed by atoms with van der Waals surface area (Å²) in [6, 6.07) is 14.2. The van der Waals surface area contributed by atoms with Crippen LogP contribution in [0.15, 0.2) is 48.5 Å². The molecule has 0 radical (unpaired) electrons. The highest BCUT2D eigenvalue weighted by atomic mass is 35.5. The molecule has 0 saturated carbocycles. The van der Waals surface area contributed by atoms with Gasteiger partial charge >= 0.3 is 6.18 Å². The molecule has 0 aliphatic carbocycles. The fraction of sp³-hybridized carbons (Fsp3) is 0.350. The van der Waals surface area contributed by atoms with Gasteiger partial charge in [0.2, 0.25) is 5.91 Å². The number of nitrogens with zero attached hydrogens (tertiary/aromatic N) is 2. The molecular weight excluding hydrogens is 391 g/mol. The Morgan fingerprint density at radius 3 is 2.50 bits per heavy atom. The lowest BCUT2D eigenvalue weighted by Gasteiger charge is -2.33. The number of rotatable bonds is 5. The van der Waals surface area contributed by atoms with Crippen LogP contribution in [0.2, 0.25) is 0 Å². The smallest absolute Gasteiger partial charge is 0.398 e. The predicted octanol–water partition coefficient (Wildman–Crippen LogP) is 4.03. The molecule has 1 heterocycles. The third kappa shape index (κ3) is 5.55. The molecule has 0 spiro atoms. The fourth-order valence-electron chi connectivity index (χ4n) is 3.41. The van der Waals surface area contributed by atoms with Gasteiger partial charge in [-0.2, -0.15) is 13.2 Å². The van der Waals surface area contributed by atoms with Crippen LogP contribution in [-0.2, 0) is 17.8 Å². The lowest BCUT2D eigenvalue weighted by Crippen LogP contribution is -2.45. The second-order valence-corrected chi connectivity index (χ2v) is 6.72. The van der Waals surface area contributed by atoms with Crippen molar-refractivity contribution in [1.29, 1.82) is 0 Å². The molecule has 0 saturated heterocycles. The summed E-state index contributed by atoms with van der Waals surface area (Å²) in [5.74, 6) is -0.550. The van der Waals surface area contributed by atoms with E-state index in [4.69, 9.17) is 5.73 Å². The van der Waals surface area contributed by atoms with E-state index in [1.54, 1.807) is 42.5 Å². The molecule has 0 unspecified atom stereocenters. The van der Waals surface area contributed by atoms with Crippen molar-refractivity contribution in [3.05, 3.63) is 59.7 Å². The van der Waals surface area contributed by atoms with Gasteiger partial charge in [0.1, 0.15) is 6.54 Å². The monoisotopic (exact) mass is 413 g/mol. The van der Waals surface area contributed by atoms with E-state index in [1.165, 1.54) is 0 Å². The van der Waals surface area contributed by atoms with Crippen molar-refractivity contribution < 1.29 is 18.0 Å². The van der Waals surface area contributed by atoms with Crippen LogP contribution in [0.3, 0.4) is 0 Å². The van der Waals surface area contributed by atoms with Crippen LogP contribution in [-0.4, -0.2) is 36.6 Å². The second-order valence-electron chi connectivity index (χ2n) is 6.72. The Hall–Kier alpha value is -2.41. The standard InChI is InChI=1S/C20H22F3N3O.ClH/c21-20(22,23)14-26(12-15-6-2-1-3-7-15)19(27)13-25-11-5-8-16-17(24)9-4-10-18(16)25;/h1-4,6-7,9-10H,5,8,11-14,24H2;1H. The zero-order valence-electron chi connectivity index (χ0n) is 15.3. The van der Waals surface area contributed by atoms with Gasteiger partial charge in [0.05, 0.1) is 6.54 Å². The first-order valence-corrected chi connectivity index (χ1v) is 8.84. The summed E-state index contributed by atoms with van der Waals surface area (Å²) in [5.41, 5.74) is 9.12. The van der Waals surface area contributed by atoms with Crippen molar-refractivity contribution in [3.8, 4) is 0 Å². The molecule has 0 bridgehead atoms. The Morgan fingerprint density at radius 2 is 1.82 bits per heavy atom. The van der Waals surface area contributed by atoms with Gasteiger partial charge in [0.25, 0.3) is 0 Å². The molecule has 8 heteroatoms. The number of anilines is 2. The lowest BCUT2D eigenvalue weighted by atomic mass is 10.00. The first-order valence-electron chi connectivity index (χ1n) is 8.84. The molecule has 4 nitrogen and oxygen atoms in total. The number of hydrogen-bond acceptors (Lipinski definition) is 3. The van der Waals surface area contributed by atoms with E-state index < -0.39 is 18.6 Å². The van der Waals surface area contributed by atoms with Gasteiger partial charge in [0, 0.05) is 24.5 Å². The third-order valence-corrected chi connectivity index (χ3v) is 4.65. The zero-order chi connectivity index (χ0) is 19.4. The molecule has 2 aromatic rings. The summed E-state index contributed by atoms with van der Waals surface area (Å²) < 4.78 is 39.0. The van der Waals surface area contributed by atoms with Crippen molar-refractivity contribution in [2.24, 2.45) is 0 Å². The number of carbonyl (C=O) groups excluding carboxylic acids is 1. The summed E-state index contributed by atoms with van der Waals surface area (Å²) in [6.07, 6.45) is -2.83. The number of benzene rings is 2. The molecule has 1 aliphatic heterocycles. The Bertz CT molecular complexity index is 799. The van der Waals surface area contributed by atoms with Crippen LogP contribution in [0.25, 0.3) is 0 Å². The Balaban J connectivity index is 0.00000280. The van der Waals surface area contributed by atoms with Crippen molar-refractivity contribution in [2.75, 3.05) is 30.3 Å². The summed E-state index contributed by atoms with van der Waals surface area (Å²) >= 11 is 0. The minimum atomic E-state index is -4.45. The maximum Gasteiger partial charge on any atom is 0.406 e. The largest absolute Gasteiger partial charge is 0.406 e. The maximum absolute atomic E-state index is 13.0. The van der Waals surface area contributed by atoms with Crippen LogP contribution < -0.4 is 10.6 Å². The van der Waals surface area contributed by atoms with Crippen molar-refractivity contribution in [3.63, 3.8) is 0 Å². The number of alkyl halides is 3. The Kier molecular flexibility index (Phi) is 7.18. The number of halogens is 4. The fourth-order valence-corrected chi connectivity index (χ4v) is 3.41. The van der Waals surface area contributed by atoms with E-state index in [2.05, 4.69) is 0 Å². The van der Waals surface area contributed by atoms with Crippen LogP contribution in [0.1, 0.15) is 17.5 Å². The zero-order valence-corrected chi connectivity index (χ0v) is 16.1. The third-order valence-electron chi connectivity index (χ3n) is 4.65. The second kappa shape index (κ2) is 9.19. The molecule has 2 N–H and O–H groups in total. The average molecular weight is 414 g/mol.